The van der Waals surface area contributed by atoms with Gasteiger partial charge < -0.3 is 10.6 Å². The van der Waals surface area contributed by atoms with Crippen LogP contribution in [-0.4, -0.2) is 48.8 Å². The highest BCUT2D eigenvalue weighted by atomic mass is 16.2. The number of nitrogens with zero attached hydrogens (tertiary/aromatic N) is 1. The van der Waals surface area contributed by atoms with Crippen LogP contribution < -0.4 is 10.6 Å². The molecule has 2 N–H and O–H groups in total. The maximum absolute atomic E-state index is 11.8. The Balaban J connectivity index is 1.92. The Morgan fingerprint density at radius 2 is 2.18 bits per heavy atom. The second kappa shape index (κ2) is 4.83. The Morgan fingerprint density at radius 1 is 1.41 bits per heavy atom. The highest BCUT2D eigenvalue weighted by molar-refractivity contribution is 6.01. The fourth-order valence-corrected chi connectivity index (χ4v) is 2.22. The minimum Gasteiger partial charge on any atom is -0.344 e. The summed E-state index contributed by atoms with van der Waals surface area (Å²) in [5, 5.41) is 5.85. The Morgan fingerprint density at radius 3 is 2.82 bits per heavy atom. The van der Waals surface area contributed by atoms with E-state index in [4.69, 9.17) is 0 Å². The Bertz CT molecular complexity index is 350. The molecule has 0 aliphatic carbocycles. The molecule has 17 heavy (non-hydrogen) atoms. The van der Waals surface area contributed by atoms with E-state index in [1.165, 1.54) is 7.05 Å². The van der Waals surface area contributed by atoms with Gasteiger partial charge in [-0.05, 0) is 19.4 Å². The second-order valence-electron chi connectivity index (χ2n) is 4.58. The molecule has 2 saturated heterocycles. The number of piperidine rings is 1. The van der Waals surface area contributed by atoms with Crippen LogP contribution in [0, 0.1) is 5.92 Å². The van der Waals surface area contributed by atoms with E-state index in [9.17, 15) is 14.4 Å². The third kappa shape index (κ3) is 2.46. The molecular formula is C11H17N3O3. The summed E-state index contributed by atoms with van der Waals surface area (Å²) in [6, 6.07) is -0.536. The maximum atomic E-state index is 11.8. The monoisotopic (exact) mass is 239 g/mol. The summed E-state index contributed by atoms with van der Waals surface area (Å²) < 4.78 is 0. The summed E-state index contributed by atoms with van der Waals surface area (Å²) in [7, 11) is 1.46. The highest BCUT2D eigenvalue weighted by Gasteiger charge is 2.34. The molecule has 2 heterocycles. The molecule has 0 aromatic rings. The van der Waals surface area contributed by atoms with Crippen molar-refractivity contribution in [3.8, 4) is 0 Å². The van der Waals surface area contributed by atoms with Gasteiger partial charge in [0.15, 0.2) is 0 Å². The van der Waals surface area contributed by atoms with Crippen molar-refractivity contribution < 1.29 is 14.4 Å². The highest BCUT2D eigenvalue weighted by Crippen LogP contribution is 2.13. The third-order valence-corrected chi connectivity index (χ3v) is 3.40. The molecular weight excluding hydrogens is 222 g/mol. The molecule has 0 radical (unpaired) electrons. The second-order valence-corrected chi connectivity index (χ2v) is 4.58. The van der Waals surface area contributed by atoms with Crippen molar-refractivity contribution in [1.29, 1.82) is 0 Å². The lowest BCUT2D eigenvalue weighted by molar-refractivity contribution is -0.149. The van der Waals surface area contributed by atoms with Crippen LogP contribution in [0.5, 0.6) is 0 Å². The zero-order valence-corrected chi connectivity index (χ0v) is 9.86. The predicted molar refractivity (Wildman–Crippen MR) is 59.9 cm³/mol. The largest absolute Gasteiger partial charge is 0.344 e. The topological polar surface area (TPSA) is 78.5 Å². The number of hydrogen-bond acceptors (Lipinski definition) is 4. The molecule has 0 bridgehead atoms. The van der Waals surface area contributed by atoms with Crippen LogP contribution in [0.1, 0.15) is 19.3 Å². The minimum atomic E-state index is -0.536. The normalized spacial score (nSPS) is 29.6. The lowest BCUT2D eigenvalue weighted by Gasteiger charge is -2.28. The van der Waals surface area contributed by atoms with E-state index < -0.39 is 6.04 Å². The van der Waals surface area contributed by atoms with Crippen LogP contribution in [0.25, 0.3) is 0 Å². The van der Waals surface area contributed by atoms with E-state index >= 15 is 0 Å². The number of amides is 3. The van der Waals surface area contributed by atoms with Gasteiger partial charge in [-0.15, -0.1) is 0 Å². The first kappa shape index (κ1) is 12.0. The maximum Gasteiger partial charge on any atom is 0.251 e. The van der Waals surface area contributed by atoms with Gasteiger partial charge in [0.1, 0.15) is 6.04 Å². The fraction of sp³-hybridized carbons (Fsp3) is 0.727. The summed E-state index contributed by atoms with van der Waals surface area (Å²) in [4.78, 5) is 36.0. The van der Waals surface area contributed by atoms with Gasteiger partial charge in [0.25, 0.3) is 5.91 Å². The zero-order chi connectivity index (χ0) is 12.4. The number of rotatable bonds is 2. The molecule has 2 aliphatic rings. The van der Waals surface area contributed by atoms with Crippen LogP contribution >= 0.6 is 0 Å². The molecule has 3 amide bonds. The number of likely N-dealkylation sites (N-methyl/N-ethyl adjacent to an activating group) is 1. The lowest BCUT2D eigenvalue weighted by atomic mass is 10.0. The van der Waals surface area contributed by atoms with Crippen molar-refractivity contribution in [1.82, 2.24) is 15.5 Å². The average Bonchev–Trinajstić information content (AvgIpc) is 2.83. The first-order valence-corrected chi connectivity index (χ1v) is 5.91. The number of carbonyl (C=O) groups excluding carboxylic acids is 3. The number of imide groups is 1. The smallest absolute Gasteiger partial charge is 0.251 e. The molecule has 2 atom stereocenters. The Hall–Kier alpha value is -1.43. The van der Waals surface area contributed by atoms with Gasteiger partial charge in [0, 0.05) is 20.0 Å². The standard InChI is InChI=1S/C11H17N3O3/c1-14-9(15)3-2-8(11(14)17)13-10(16)7-4-5-12-6-7/h7-8,12H,2-6H2,1H3,(H,13,16). The summed E-state index contributed by atoms with van der Waals surface area (Å²) in [6.07, 6.45) is 1.53. The Labute approximate surface area is 99.7 Å². The molecule has 0 spiro atoms. The first-order chi connectivity index (χ1) is 8.09. The van der Waals surface area contributed by atoms with Crippen LogP contribution in [0.3, 0.4) is 0 Å². The number of carbonyl (C=O) groups is 3. The molecule has 2 rings (SSSR count). The molecule has 2 fully saturated rings. The molecule has 6 nitrogen and oxygen atoms in total. The molecule has 0 saturated carbocycles. The van der Waals surface area contributed by atoms with Crippen LogP contribution in [-0.2, 0) is 14.4 Å². The van der Waals surface area contributed by atoms with Crippen LogP contribution in [0.4, 0.5) is 0 Å². The summed E-state index contributed by atoms with van der Waals surface area (Å²) in [6.45, 7) is 1.51. The van der Waals surface area contributed by atoms with E-state index in [-0.39, 0.29) is 23.6 Å². The van der Waals surface area contributed by atoms with Crippen molar-refractivity contribution in [2.75, 3.05) is 20.1 Å². The van der Waals surface area contributed by atoms with E-state index in [2.05, 4.69) is 10.6 Å². The van der Waals surface area contributed by atoms with Gasteiger partial charge >= 0.3 is 0 Å². The van der Waals surface area contributed by atoms with Gasteiger partial charge in [-0.2, -0.15) is 0 Å². The van der Waals surface area contributed by atoms with Crippen LogP contribution in [0.2, 0.25) is 0 Å². The molecule has 2 aliphatic heterocycles. The number of likely N-dealkylation sites (tertiary alicyclic amines) is 1. The summed E-state index contributed by atoms with van der Waals surface area (Å²) in [5.41, 5.74) is 0. The fourth-order valence-electron chi connectivity index (χ4n) is 2.22. The van der Waals surface area contributed by atoms with Gasteiger partial charge in [-0.25, -0.2) is 0 Å². The van der Waals surface area contributed by atoms with Gasteiger partial charge in [0.05, 0.1) is 5.92 Å². The molecule has 6 heteroatoms. The van der Waals surface area contributed by atoms with Gasteiger partial charge in [-0.3, -0.25) is 19.3 Å². The number of hydrogen-bond donors (Lipinski definition) is 2. The van der Waals surface area contributed by atoms with E-state index in [1.54, 1.807) is 0 Å². The van der Waals surface area contributed by atoms with Crippen molar-refractivity contribution in [3.05, 3.63) is 0 Å². The number of nitrogens with one attached hydrogen (secondary N) is 2. The Kier molecular flexibility index (Phi) is 3.42. The lowest BCUT2D eigenvalue weighted by Crippen LogP contribution is -2.54. The van der Waals surface area contributed by atoms with E-state index in [0.29, 0.717) is 19.4 Å². The molecule has 0 aromatic heterocycles. The SMILES string of the molecule is CN1C(=O)CCC(NC(=O)C2CCNC2)C1=O. The van der Waals surface area contributed by atoms with Crippen molar-refractivity contribution in [3.63, 3.8) is 0 Å². The molecule has 0 aromatic carbocycles. The molecule has 2 unspecified atom stereocenters. The van der Waals surface area contributed by atoms with Crippen LogP contribution in [0.15, 0.2) is 0 Å². The minimum absolute atomic E-state index is 0.0502. The quantitative estimate of drug-likeness (QED) is 0.597. The van der Waals surface area contributed by atoms with Crippen molar-refractivity contribution in [2.24, 2.45) is 5.92 Å². The first-order valence-electron chi connectivity index (χ1n) is 5.91. The van der Waals surface area contributed by atoms with E-state index in [0.717, 1.165) is 17.9 Å². The summed E-state index contributed by atoms with van der Waals surface area (Å²) in [5.74, 6) is -0.620. The van der Waals surface area contributed by atoms with Gasteiger partial charge in [0.2, 0.25) is 11.8 Å². The van der Waals surface area contributed by atoms with Crippen molar-refractivity contribution in [2.45, 2.75) is 25.3 Å². The predicted octanol–water partition coefficient (Wildman–Crippen LogP) is -1.14. The molecule has 94 valence electrons. The van der Waals surface area contributed by atoms with Crippen molar-refractivity contribution >= 4 is 17.7 Å². The zero-order valence-electron chi connectivity index (χ0n) is 9.86. The average molecular weight is 239 g/mol. The third-order valence-electron chi connectivity index (χ3n) is 3.40. The van der Waals surface area contributed by atoms with Gasteiger partial charge in [-0.1, -0.05) is 0 Å². The summed E-state index contributed by atoms with van der Waals surface area (Å²) >= 11 is 0. The van der Waals surface area contributed by atoms with E-state index in [1.807, 2.05) is 0 Å².